The minimum absolute atomic E-state index is 0.184. The second kappa shape index (κ2) is 5.46. The Morgan fingerprint density at radius 3 is 2.81 bits per heavy atom. The van der Waals surface area contributed by atoms with E-state index in [1.807, 2.05) is 6.07 Å². The summed E-state index contributed by atoms with van der Waals surface area (Å²) >= 11 is 0. The van der Waals surface area contributed by atoms with E-state index in [-0.39, 0.29) is 5.54 Å². The lowest BCUT2D eigenvalue weighted by Crippen LogP contribution is -2.44. The number of pyridine rings is 1. The fourth-order valence-corrected chi connectivity index (χ4v) is 3.92. The highest BCUT2D eigenvalue weighted by atomic mass is 16.5. The largest absolute Gasteiger partial charge is 0.493 e. The van der Waals surface area contributed by atoms with E-state index in [0.29, 0.717) is 5.92 Å². The summed E-state index contributed by atoms with van der Waals surface area (Å²) in [6, 6.07) is 1.84. The summed E-state index contributed by atoms with van der Waals surface area (Å²) in [5.41, 5.74) is 1.14. The lowest BCUT2D eigenvalue weighted by molar-refractivity contribution is 0.129. The molecule has 2 aliphatic heterocycles. The number of hydrogen-bond acceptors (Lipinski definition) is 5. The monoisotopic (exact) mass is 291 g/mol. The van der Waals surface area contributed by atoms with Crippen LogP contribution in [0, 0.1) is 11.8 Å². The van der Waals surface area contributed by atoms with Gasteiger partial charge in [0, 0.05) is 37.4 Å². The maximum atomic E-state index is 5.51. The molecule has 0 aliphatic carbocycles. The van der Waals surface area contributed by atoms with Crippen molar-refractivity contribution < 1.29 is 9.47 Å². The quantitative estimate of drug-likeness (QED) is 0.911. The Morgan fingerprint density at radius 1 is 1.33 bits per heavy atom. The molecule has 5 heteroatoms. The molecule has 2 fully saturated rings. The average molecular weight is 291 g/mol. The number of methoxy groups -OCH3 is 2. The average Bonchev–Trinajstić information content (AvgIpc) is 3.02. The first kappa shape index (κ1) is 14.6. The Labute approximate surface area is 126 Å². The topological polar surface area (TPSA) is 46.6 Å². The van der Waals surface area contributed by atoms with E-state index < -0.39 is 0 Å². The van der Waals surface area contributed by atoms with Crippen LogP contribution in [-0.4, -0.2) is 49.3 Å². The van der Waals surface area contributed by atoms with Crippen molar-refractivity contribution in [3.63, 3.8) is 0 Å². The van der Waals surface area contributed by atoms with E-state index in [1.54, 1.807) is 20.4 Å². The van der Waals surface area contributed by atoms with Gasteiger partial charge in [0.15, 0.2) is 11.5 Å². The predicted octanol–water partition coefficient (Wildman–Crippen LogP) is 1.53. The first-order valence-electron chi connectivity index (χ1n) is 7.59. The second-order valence-corrected chi connectivity index (χ2v) is 6.55. The van der Waals surface area contributed by atoms with E-state index in [2.05, 4.69) is 29.0 Å². The van der Waals surface area contributed by atoms with Crippen LogP contribution in [0.1, 0.15) is 19.5 Å². The lowest BCUT2D eigenvalue weighted by Gasteiger charge is -2.35. The number of ether oxygens (including phenoxy) is 2. The Bertz CT molecular complexity index is 518. The van der Waals surface area contributed by atoms with Gasteiger partial charge in [-0.05, 0) is 32.2 Å². The molecule has 5 nitrogen and oxygen atoms in total. The standard InChI is InChI=1S/C16H25N3O2/c1-16(2)12-8-17-7-11(12)9-19(16)10-13-15(21-4)14(20-3)5-6-18-13/h5-6,11-12,17H,7-10H2,1-4H3. The molecule has 116 valence electrons. The molecule has 1 N–H and O–H groups in total. The highest BCUT2D eigenvalue weighted by Gasteiger charge is 2.49. The Hall–Kier alpha value is -1.33. The van der Waals surface area contributed by atoms with Gasteiger partial charge >= 0.3 is 0 Å². The van der Waals surface area contributed by atoms with Gasteiger partial charge in [-0.25, -0.2) is 0 Å². The summed E-state index contributed by atoms with van der Waals surface area (Å²) in [5, 5.41) is 3.52. The molecule has 1 aromatic rings. The van der Waals surface area contributed by atoms with Gasteiger partial charge < -0.3 is 14.8 Å². The third kappa shape index (κ3) is 2.38. The van der Waals surface area contributed by atoms with Crippen LogP contribution in [0.15, 0.2) is 12.3 Å². The van der Waals surface area contributed by atoms with Crippen molar-refractivity contribution in [1.29, 1.82) is 0 Å². The normalized spacial score (nSPS) is 27.6. The number of fused-ring (bicyclic) bond motifs is 1. The highest BCUT2D eigenvalue weighted by molar-refractivity contribution is 5.42. The second-order valence-electron chi connectivity index (χ2n) is 6.55. The molecule has 0 saturated carbocycles. The van der Waals surface area contributed by atoms with Crippen LogP contribution in [0.25, 0.3) is 0 Å². The SMILES string of the molecule is COc1ccnc(CN2CC3CNCC3C2(C)C)c1OC. The third-order valence-corrected chi connectivity index (χ3v) is 5.22. The molecular formula is C16H25N3O2. The number of likely N-dealkylation sites (tertiary alicyclic amines) is 1. The number of nitrogens with one attached hydrogen (secondary N) is 1. The molecule has 0 radical (unpaired) electrons. The molecule has 3 rings (SSSR count). The summed E-state index contributed by atoms with van der Waals surface area (Å²) in [5.74, 6) is 2.97. The zero-order valence-corrected chi connectivity index (χ0v) is 13.3. The minimum atomic E-state index is 0.184. The first-order chi connectivity index (χ1) is 10.1. The van der Waals surface area contributed by atoms with Crippen molar-refractivity contribution >= 4 is 0 Å². The van der Waals surface area contributed by atoms with E-state index >= 15 is 0 Å². The van der Waals surface area contributed by atoms with Crippen molar-refractivity contribution in [3.8, 4) is 11.5 Å². The molecule has 2 unspecified atom stereocenters. The Morgan fingerprint density at radius 2 is 2.14 bits per heavy atom. The zero-order valence-electron chi connectivity index (χ0n) is 13.3. The fraction of sp³-hybridized carbons (Fsp3) is 0.688. The smallest absolute Gasteiger partial charge is 0.183 e. The molecule has 2 aliphatic rings. The van der Waals surface area contributed by atoms with Crippen LogP contribution in [0.3, 0.4) is 0 Å². The fourth-order valence-electron chi connectivity index (χ4n) is 3.92. The van der Waals surface area contributed by atoms with Gasteiger partial charge in [0.1, 0.15) is 5.69 Å². The van der Waals surface area contributed by atoms with Crippen LogP contribution in [0.2, 0.25) is 0 Å². The van der Waals surface area contributed by atoms with E-state index in [0.717, 1.165) is 49.3 Å². The molecule has 0 aromatic carbocycles. The molecule has 2 saturated heterocycles. The molecule has 0 spiro atoms. The predicted molar refractivity (Wildman–Crippen MR) is 81.7 cm³/mol. The Balaban J connectivity index is 1.84. The van der Waals surface area contributed by atoms with Gasteiger partial charge in [-0.3, -0.25) is 9.88 Å². The third-order valence-electron chi connectivity index (χ3n) is 5.22. The number of nitrogens with zero attached hydrogens (tertiary/aromatic N) is 2. The lowest BCUT2D eigenvalue weighted by atomic mass is 9.85. The summed E-state index contributed by atoms with van der Waals surface area (Å²) in [4.78, 5) is 7.05. The van der Waals surface area contributed by atoms with Crippen molar-refractivity contribution in [2.75, 3.05) is 33.9 Å². The van der Waals surface area contributed by atoms with Gasteiger partial charge in [0.25, 0.3) is 0 Å². The summed E-state index contributed by atoms with van der Waals surface area (Å²) in [6.45, 7) is 8.87. The molecule has 1 aromatic heterocycles. The van der Waals surface area contributed by atoms with Crippen LogP contribution >= 0.6 is 0 Å². The van der Waals surface area contributed by atoms with Crippen LogP contribution in [0.5, 0.6) is 11.5 Å². The molecule has 3 heterocycles. The van der Waals surface area contributed by atoms with Gasteiger partial charge in [-0.2, -0.15) is 0 Å². The van der Waals surface area contributed by atoms with Crippen LogP contribution in [0.4, 0.5) is 0 Å². The summed E-state index contributed by atoms with van der Waals surface area (Å²) in [6.07, 6.45) is 1.79. The highest BCUT2D eigenvalue weighted by Crippen LogP contribution is 2.42. The zero-order chi connectivity index (χ0) is 15.0. The summed E-state index contributed by atoms with van der Waals surface area (Å²) in [7, 11) is 3.34. The van der Waals surface area contributed by atoms with E-state index in [4.69, 9.17) is 9.47 Å². The van der Waals surface area contributed by atoms with Gasteiger partial charge in [0.05, 0.1) is 14.2 Å². The molecule has 21 heavy (non-hydrogen) atoms. The Kier molecular flexibility index (Phi) is 3.80. The van der Waals surface area contributed by atoms with Crippen LogP contribution < -0.4 is 14.8 Å². The van der Waals surface area contributed by atoms with Gasteiger partial charge in [0.2, 0.25) is 0 Å². The molecule has 0 bridgehead atoms. The van der Waals surface area contributed by atoms with Gasteiger partial charge in [-0.1, -0.05) is 0 Å². The first-order valence-corrected chi connectivity index (χ1v) is 7.59. The van der Waals surface area contributed by atoms with Crippen molar-refractivity contribution in [2.24, 2.45) is 11.8 Å². The van der Waals surface area contributed by atoms with Crippen LogP contribution in [-0.2, 0) is 6.54 Å². The van der Waals surface area contributed by atoms with Crippen molar-refractivity contribution in [2.45, 2.75) is 25.9 Å². The minimum Gasteiger partial charge on any atom is -0.493 e. The molecule has 2 atom stereocenters. The molecule has 0 amide bonds. The summed E-state index contributed by atoms with van der Waals surface area (Å²) < 4.78 is 10.9. The van der Waals surface area contributed by atoms with E-state index in [1.165, 1.54) is 0 Å². The van der Waals surface area contributed by atoms with Crippen molar-refractivity contribution in [1.82, 2.24) is 15.2 Å². The number of hydrogen-bond donors (Lipinski definition) is 1. The number of aromatic nitrogens is 1. The maximum Gasteiger partial charge on any atom is 0.183 e. The van der Waals surface area contributed by atoms with Gasteiger partial charge in [-0.15, -0.1) is 0 Å². The number of rotatable bonds is 4. The van der Waals surface area contributed by atoms with Crippen molar-refractivity contribution in [3.05, 3.63) is 18.0 Å². The van der Waals surface area contributed by atoms with E-state index in [9.17, 15) is 0 Å². The maximum absolute atomic E-state index is 5.51. The molecular weight excluding hydrogens is 266 g/mol.